The molecule has 27 heavy (non-hydrogen) atoms. The van der Waals surface area contributed by atoms with E-state index in [1.54, 1.807) is 6.92 Å². The number of para-hydroxylation sites is 1. The molecule has 0 aliphatic heterocycles. The fourth-order valence-corrected chi connectivity index (χ4v) is 2.94. The second kappa shape index (κ2) is 6.91. The van der Waals surface area contributed by atoms with Crippen LogP contribution in [0.2, 0.25) is 0 Å². The number of halogens is 3. The van der Waals surface area contributed by atoms with Crippen LogP contribution in [-0.4, -0.2) is 25.9 Å². The lowest BCUT2D eigenvalue weighted by Crippen LogP contribution is -2.27. The Morgan fingerprint density at radius 3 is 2.52 bits per heavy atom. The summed E-state index contributed by atoms with van der Waals surface area (Å²) >= 11 is 1.09. The van der Waals surface area contributed by atoms with E-state index < -0.39 is 28.8 Å². The first-order valence-electron chi connectivity index (χ1n) is 7.56. The summed E-state index contributed by atoms with van der Waals surface area (Å²) < 4.78 is 40.8. The average molecular weight is 395 g/mol. The lowest BCUT2D eigenvalue weighted by Gasteiger charge is -2.16. The van der Waals surface area contributed by atoms with Gasteiger partial charge in [-0.1, -0.05) is 23.5 Å². The largest absolute Gasteiger partial charge is 0.418 e. The highest BCUT2D eigenvalue weighted by Crippen LogP contribution is 2.33. The number of nitrogens with zero attached hydrogens (tertiary/aromatic N) is 4. The Morgan fingerprint density at radius 2 is 1.89 bits per heavy atom. The highest BCUT2D eigenvalue weighted by atomic mass is 32.1. The van der Waals surface area contributed by atoms with Crippen molar-refractivity contribution < 1.29 is 18.0 Å². The minimum absolute atomic E-state index is 0.153. The van der Waals surface area contributed by atoms with E-state index in [9.17, 15) is 22.8 Å². The predicted molar refractivity (Wildman–Crippen MR) is 92.2 cm³/mol. The van der Waals surface area contributed by atoms with Crippen LogP contribution in [0.3, 0.4) is 0 Å². The van der Waals surface area contributed by atoms with Crippen LogP contribution in [0.5, 0.6) is 0 Å². The fraction of sp³-hybridized carbons (Fsp3) is 0.188. The molecular weight excluding hydrogens is 383 g/mol. The number of carbonyl (C=O) groups excluding carboxylic acids is 1. The molecule has 1 N–H and O–H groups in total. The van der Waals surface area contributed by atoms with Crippen LogP contribution in [0.4, 0.5) is 18.3 Å². The number of amides is 1. The minimum atomic E-state index is -4.62. The van der Waals surface area contributed by atoms with Crippen LogP contribution in [-0.2, 0) is 6.18 Å². The van der Waals surface area contributed by atoms with Crippen molar-refractivity contribution in [1.29, 1.82) is 0 Å². The SMILES string of the molecule is Cc1nnc(NC(=O)c2nn(-c3ccccc3C(F)(F)F)c(C)cc2=O)s1. The van der Waals surface area contributed by atoms with Crippen molar-refractivity contribution in [2.45, 2.75) is 20.0 Å². The number of hydrogen-bond acceptors (Lipinski definition) is 6. The van der Waals surface area contributed by atoms with Crippen LogP contribution in [0, 0.1) is 13.8 Å². The molecule has 0 aliphatic rings. The standard InChI is InChI=1S/C16H12F3N5O2S/c1-8-7-12(25)13(14(26)20-15-22-21-9(2)27-15)23-24(8)11-6-4-3-5-10(11)16(17,18)19/h3-7H,1-2H3,(H,20,22,26). The molecule has 11 heteroatoms. The molecule has 1 aromatic carbocycles. The van der Waals surface area contributed by atoms with Gasteiger partial charge in [0.1, 0.15) is 5.01 Å². The van der Waals surface area contributed by atoms with Gasteiger partial charge in [0.15, 0.2) is 5.69 Å². The average Bonchev–Trinajstić information content (AvgIpc) is 2.99. The number of aromatic nitrogens is 4. The van der Waals surface area contributed by atoms with Gasteiger partial charge in [0.2, 0.25) is 10.6 Å². The maximum absolute atomic E-state index is 13.3. The van der Waals surface area contributed by atoms with Crippen molar-refractivity contribution in [3.8, 4) is 5.69 Å². The van der Waals surface area contributed by atoms with Gasteiger partial charge in [0, 0.05) is 11.8 Å². The second-order valence-electron chi connectivity index (χ2n) is 5.51. The molecule has 0 spiro atoms. The molecule has 3 rings (SSSR count). The van der Waals surface area contributed by atoms with Gasteiger partial charge in [-0.3, -0.25) is 14.9 Å². The topological polar surface area (TPSA) is 89.8 Å². The molecular formula is C16H12F3N5O2S. The summed E-state index contributed by atoms with van der Waals surface area (Å²) in [5.41, 5.74) is -2.34. The zero-order chi connectivity index (χ0) is 19.8. The van der Waals surface area contributed by atoms with Crippen LogP contribution >= 0.6 is 11.3 Å². The van der Waals surface area contributed by atoms with Gasteiger partial charge >= 0.3 is 6.18 Å². The smallest absolute Gasteiger partial charge is 0.295 e. The monoisotopic (exact) mass is 395 g/mol. The van der Waals surface area contributed by atoms with E-state index in [1.807, 2.05) is 0 Å². The molecule has 0 unspecified atom stereocenters. The summed E-state index contributed by atoms with van der Waals surface area (Å²) in [5, 5.41) is 14.4. The first kappa shape index (κ1) is 18.7. The molecule has 0 saturated carbocycles. The maximum atomic E-state index is 13.3. The molecule has 0 aliphatic carbocycles. The highest BCUT2D eigenvalue weighted by molar-refractivity contribution is 7.15. The van der Waals surface area contributed by atoms with Crippen molar-refractivity contribution >= 4 is 22.4 Å². The summed E-state index contributed by atoms with van der Waals surface area (Å²) in [5.74, 6) is -0.880. The van der Waals surface area contributed by atoms with E-state index in [-0.39, 0.29) is 16.5 Å². The van der Waals surface area contributed by atoms with Gasteiger partial charge < -0.3 is 0 Å². The molecule has 0 bridgehead atoms. The van der Waals surface area contributed by atoms with Crippen molar-refractivity contribution in [2.75, 3.05) is 5.32 Å². The number of benzene rings is 1. The molecule has 2 aromatic heterocycles. The number of anilines is 1. The van der Waals surface area contributed by atoms with Gasteiger partial charge in [0.25, 0.3) is 5.91 Å². The van der Waals surface area contributed by atoms with Gasteiger partial charge in [-0.25, -0.2) is 4.68 Å². The third-order valence-corrected chi connectivity index (χ3v) is 4.26. The lowest BCUT2D eigenvalue weighted by atomic mass is 10.1. The summed E-state index contributed by atoms with van der Waals surface area (Å²) in [6.45, 7) is 3.11. The quantitative estimate of drug-likeness (QED) is 0.736. The van der Waals surface area contributed by atoms with Gasteiger partial charge in [-0.15, -0.1) is 10.2 Å². The summed E-state index contributed by atoms with van der Waals surface area (Å²) in [6.07, 6.45) is -4.62. The molecule has 0 atom stereocenters. The Bertz CT molecular complexity index is 1070. The van der Waals surface area contributed by atoms with E-state index in [2.05, 4.69) is 20.6 Å². The minimum Gasteiger partial charge on any atom is -0.295 e. The summed E-state index contributed by atoms with van der Waals surface area (Å²) in [7, 11) is 0. The van der Waals surface area contributed by atoms with E-state index in [1.165, 1.54) is 25.1 Å². The number of alkyl halides is 3. The fourth-order valence-electron chi connectivity index (χ4n) is 2.35. The zero-order valence-electron chi connectivity index (χ0n) is 14.0. The van der Waals surface area contributed by atoms with E-state index in [0.717, 1.165) is 28.2 Å². The Morgan fingerprint density at radius 1 is 1.19 bits per heavy atom. The maximum Gasteiger partial charge on any atom is 0.418 e. The van der Waals surface area contributed by atoms with E-state index in [0.29, 0.717) is 5.01 Å². The Balaban J connectivity index is 2.08. The molecule has 2 heterocycles. The number of rotatable bonds is 3. The first-order valence-corrected chi connectivity index (χ1v) is 8.37. The second-order valence-corrected chi connectivity index (χ2v) is 6.69. The zero-order valence-corrected chi connectivity index (χ0v) is 14.9. The van der Waals surface area contributed by atoms with E-state index >= 15 is 0 Å². The first-order chi connectivity index (χ1) is 12.7. The lowest BCUT2D eigenvalue weighted by molar-refractivity contribution is -0.137. The molecule has 140 valence electrons. The van der Waals surface area contributed by atoms with Crippen molar-refractivity contribution in [3.63, 3.8) is 0 Å². The van der Waals surface area contributed by atoms with E-state index in [4.69, 9.17) is 0 Å². The van der Waals surface area contributed by atoms with Crippen LogP contribution < -0.4 is 10.7 Å². The number of aryl methyl sites for hydroxylation is 2. The summed E-state index contributed by atoms with van der Waals surface area (Å²) in [4.78, 5) is 24.5. The van der Waals surface area contributed by atoms with Gasteiger partial charge in [-0.2, -0.15) is 18.3 Å². The van der Waals surface area contributed by atoms with Gasteiger partial charge in [0.05, 0.1) is 11.3 Å². The van der Waals surface area contributed by atoms with Crippen LogP contribution in [0.25, 0.3) is 5.69 Å². The molecule has 1 amide bonds. The molecule has 0 fully saturated rings. The molecule has 0 saturated heterocycles. The van der Waals surface area contributed by atoms with Crippen molar-refractivity contribution in [2.24, 2.45) is 0 Å². The predicted octanol–water partition coefficient (Wildman–Crippen LogP) is 2.97. The molecule has 0 radical (unpaired) electrons. The van der Waals surface area contributed by atoms with Crippen LogP contribution in [0.1, 0.15) is 26.8 Å². The number of nitrogens with one attached hydrogen (secondary N) is 1. The number of hydrogen-bond donors (Lipinski definition) is 1. The van der Waals surface area contributed by atoms with Gasteiger partial charge in [-0.05, 0) is 26.0 Å². The normalized spacial score (nSPS) is 11.4. The molecule has 7 nitrogen and oxygen atoms in total. The van der Waals surface area contributed by atoms with Crippen molar-refractivity contribution in [3.05, 3.63) is 62.5 Å². The third kappa shape index (κ3) is 3.87. The Hall–Kier alpha value is -3.08. The highest BCUT2D eigenvalue weighted by Gasteiger charge is 2.34. The number of carbonyl (C=O) groups is 1. The third-order valence-electron chi connectivity index (χ3n) is 3.51. The van der Waals surface area contributed by atoms with Crippen molar-refractivity contribution in [1.82, 2.24) is 20.0 Å². The molecule has 3 aromatic rings. The Labute approximate surface area is 154 Å². The summed E-state index contributed by atoms with van der Waals surface area (Å²) in [6, 6.07) is 5.82. The van der Waals surface area contributed by atoms with Crippen LogP contribution in [0.15, 0.2) is 35.1 Å². The Kier molecular flexibility index (Phi) is 4.79.